The topological polar surface area (TPSA) is 72.9 Å². The fourth-order valence-electron chi connectivity index (χ4n) is 2.03. The van der Waals surface area contributed by atoms with Gasteiger partial charge in [0.1, 0.15) is 5.75 Å². The number of morpholine rings is 1. The van der Waals surface area contributed by atoms with Gasteiger partial charge in [-0.05, 0) is 30.7 Å². The largest absolute Gasteiger partial charge is 0.484 e. The van der Waals surface area contributed by atoms with Crippen LogP contribution in [0.15, 0.2) is 23.1 Å². The van der Waals surface area contributed by atoms with E-state index in [-0.39, 0.29) is 17.4 Å². The molecule has 1 fully saturated rings. The fourth-order valence-corrected chi connectivity index (χ4v) is 3.23. The lowest BCUT2D eigenvalue weighted by Gasteiger charge is -2.26. The van der Waals surface area contributed by atoms with Crippen LogP contribution in [-0.2, 0) is 18.6 Å². The van der Waals surface area contributed by atoms with Gasteiger partial charge in [0.25, 0.3) is 15.0 Å². The van der Waals surface area contributed by atoms with Gasteiger partial charge in [-0.15, -0.1) is 0 Å². The Morgan fingerprint density at radius 3 is 2.62 bits per heavy atom. The predicted octanol–water partition coefficient (Wildman–Crippen LogP) is 1.16. The number of hydrogen-bond donors (Lipinski definition) is 0. The molecule has 116 valence electrons. The Morgan fingerprint density at radius 1 is 1.38 bits per heavy atom. The maximum atomic E-state index is 11.9. The highest BCUT2D eigenvalue weighted by atomic mass is 35.7. The van der Waals surface area contributed by atoms with E-state index in [4.69, 9.17) is 20.2 Å². The van der Waals surface area contributed by atoms with Gasteiger partial charge in [0.15, 0.2) is 6.61 Å². The van der Waals surface area contributed by atoms with Crippen LogP contribution in [0.4, 0.5) is 0 Å². The first-order chi connectivity index (χ1) is 9.88. The maximum absolute atomic E-state index is 11.9. The Hall–Kier alpha value is -1.31. The highest BCUT2D eigenvalue weighted by Crippen LogP contribution is 2.23. The van der Waals surface area contributed by atoms with Gasteiger partial charge in [-0.25, -0.2) is 8.42 Å². The van der Waals surface area contributed by atoms with Gasteiger partial charge < -0.3 is 14.4 Å². The molecular weight excluding hydrogens is 318 g/mol. The molecule has 0 aliphatic carbocycles. The summed E-state index contributed by atoms with van der Waals surface area (Å²) in [6.45, 7) is 3.72. The summed E-state index contributed by atoms with van der Waals surface area (Å²) in [6, 6.07) is 4.39. The van der Waals surface area contributed by atoms with Crippen molar-refractivity contribution in [1.82, 2.24) is 4.90 Å². The first kappa shape index (κ1) is 16.1. The number of hydrogen-bond acceptors (Lipinski definition) is 5. The van der Waals surface area contributed by atoms with E-state index < -0.39 is 9.05 Å². The average Bonchev–Trinajstić information content (AvgIpc) is 2.44. The van der Waals surface area contributed by atoms with Gasteiger partial charge in [0.05, 0.1) is 18.1 Å². The molecule has 21 heavy (non-hydrogen) atoms. The first-order valence-electron chi connectivity index (χ1n) is 6.41. The molecule has 0 radical (unpaired) electrons. The van der Waals surface area contributed by atoms with Gasteiger partial charge in [-0.1, -0.05) is 0 Å². The van der Waals surface area contributed by atoms with Gasteiger partial charge in [0.2, 0.25) is 0 Å². The summed E-state index contributed by atoms with van der Waals surface area (Å²) in [5.41, 5.74) is 0.473. The number of halogens is 1. The lowest BCUT2D eigenvalue weighted by atomic mass is 10.2. The van der Waals surface area contributed by atoms with E-state index in [9.17, 15) is 13.2 Å². The standard InChI is InChI=1S/C13H16ClNO5S/c1-10-8-11(2-3-12(10)21(14,17)18)20-9-13(16)15-4-6-19-7-5-15/h2-3,8H,4-7,9H2,1H3. The second-order valence-electron chi connectivity index (χ2n) is 4.65. The van der Waals surface area contributed by atoms with E-state index in [0.29, 0.717) is 37.6 Å². The minimum atomic E-state index is -3.77. The summed E-state index contributed by atoms with van der Waals surface area (Å²) in [5.74, 6) is 0.308. The van der Waals surface area contributed by atoms with Crippen LogP contribution in [0.3, 0.4) is 0 Å². The summed E-state index contributed by atoms with van der Waals surface area (Å²) in [4.78, 5) is 13.6. The first-order valence-corrected chi connectivity index (χ1v) is 8.72. The normalized spacial score (nSPS) is 15.8. The monoisotopic (exact) mass is 333 g/mol. The van der Waals surface area contributed by atoms with Crippen molar-refractivity contribution in [2.24, 2.45) is 0 Å². The number of benzene rings is 1. The van der Waals surface area contributed by atoms with Crippen LogP contribution in [-0.4, -0.2) is 52.1 Å². The SMILES string of the molecule is Cc1cc(OCC(=O)N2CCOCC2)ccc1S(=O)(=O)Cl. The molecule has 1 aliphatic heterocycles. The summed E-state index contributed by atoms with van der Waals surface area (Å²) < 4.78 is 33.1. The fraction of sp³-hybridized carbons (Fsp3) is 0.462. The Kier molecular flexibility index (Phi) is 5.08. The van der Waals surface area contributed by atoms with Crippen LogP contribution < -0.4 is 4.74 Å². The molecule has 1 heterocycles. The second kappa shape index (κ2) is 6.64. The van der Waals surface area contributed by atoms with Crippen molar-refractivity contribution < 1.29 is 22.7 Å². The van der Waals surface area contributed by atoms with Crippen LogP contribution in [0.5, 0.6) is 5.75 Å². The summed E-state index contributed by atoms with van der Waals surface area (Å²) >= 11 is 0. The lowest BCUT2D eigenvalue weighted by Crippen LogP contribution is -2.42. The summed E-state index contributed by atoms with van der Waals surface area (Å²) in [5, 5.41) is 0. The molecule has 6 nitrogen and oxygen atoms in total. The molecule has 1 amide bonds. The molecule has 0 bridgehead atoms. The van der Waals surface area contributed by atoms with Gasteiger partial charge in [-0.3, -0.25) is 4.79 Å². The van der Waals surface area contributed by atoms with Gasteiger partial charge in [-0.2, -0.15) is 0 Å². The Morgan fingerprint density at radius 2 is 2.05 bits per heavy atom. The van der Waals surface area contributed by atoms with Crippen molar-refractivity contribution in [2.45, 2.75) is 11.8 Å². The van der Waals surface area contributed by atoms with Crippen molar-refractivity contribution >= 4 is 25.6 Å². The van der Waals surface area contributed by atoms with Crippen LogP contribution in [0.2, 0.25) is 0 Å². The van der Waals surface area contributed by atoms with Crippen LogP contribution >= 0.6 is 10.7 Å². The zero-order valence-corrected chi connectivity index (χ0v) is 13.1. The number of rotatable bonds is 4. The van der Waals surface area contributed by atoms with E-state index in [0.717, 1.165) is 0 Å². The molecule has 2 rings (SSSR count). The molecule has 0 atom stereocenters. The van der Waals surface area contributed by atoms with Crippen molar-refractivity contribution in [1.29, 1.82) is 0 Å². The molecule has 8 heteroatoms. The highest BCUT2D eigenvalue weighted by molar-refractivity contribution is 8.13. The van der Waals surface area contributed by atoms with E-state index in [1.54, 1.807) is 17.9 Å². The van der Waals surface area contributed by atoms with E-state index in [2.05, 4.69) is 0 Å². The van der Waals surface area contributed by atoms with E-state index in [1.165, 1.54) is 12.1 Å². The van der Waals surface area contributed by atoms with Crippen LogP contribution in [0.1, 0.15) is 5.56 Å². The average molecular weight is 334 g/mol. The van der Waals surface area contributed by atoms with Crippen LogP contribution in [0.25, 0.3) is 0 Å². The molecule has 1 aromatic rings. The minimum Gasteiger partial charge on any atom is -0.484 e. The quantitative estimate of drug-likeness (QED) is 0.773. The van der Waals surface area contributed by atoms with E-state index in [1.807, 2.05) is 0 Å². The Bertz CT molecular complexity index is 625. The van der Waals surface area contributed by atoms with E-state index >= 15 is 0 Å². The Labute approximate surface area is 128 Å². The number of carbonyl (C=O) groups excluding carboxylic acids is 1. The second-order valence-corrected chi connectivity index (χ2v) is 7.18. The maximum Gasteiger partial charge on any atom is 0.261 e. The molecule has 1 aliphatic rings. The molecule has 1 aromatic carbocycles. The van der Waals surface area contributed by atoms with Crippen molar-refractivity contribution in [3.63, 3.8) is 0 Å². The number of carbonyl (C=O) groups is 1. The van der Waals surface area contributed by atoms with Crippen molar-refractivity contribution in [3.05, 3.63) is 23.8 Å². The zero-order valence-electron chi connectivity index (χ0n) is 11.5. The number of ether oxygens (including phenoxy) is 2. The smallest absolute Gasteiger partial charge is 0.261 e. The molecule has 0 N–H and O–H groups in total. The molecule has 0 unspecified atom stereocenters. The molecule has 0 saturated carbocycles. The third kappa shape index (κ3) is 4.33. The molecular formula is C13H16ClNO5S. The third-order valence-corrected chi connectivity index (χ3v) is 4.62. The van der Waals surface area contributed by atoms with Crippen molar-refractivity contribution in [3.8, 4) is 5.75 Å². The third-order valence-electron chi connectivity index (χ3n) is 3.14. The van der Waals surface area contributed by atoms with Crippen molar-refractivity contribution in [2.75, 3.05) is 32.9 Å². The molecule has 0 aromatic heterocycles. The summed E-state index contributed by atoms with van der Waals surface area (Å²) in [7, 11) is 1.53. The number of amides is 1. The molecule has 0 spiro atoms. The predicted molar refractivity (Wildman–Crippen MR) is 77.1 cm³/mol. The highest BCUT2D eigenvalue weighted by Gasteiger charge is 2.18. The van der Waals surface area contributed by atoms with Crippen LogP contribution in [0, 0.1) is 6.92 Å². The zero-order chi connectivity index (χ0) is 15.5. The van der Waals surface area contributed by atoms with Gasteiger partial charge in [0, 0.05) is 23.8 Å². The Balaban J connectivity index is 1.97. The van der Waals surface area contributed by atoms with Gasteiger partial charge >= 0.3 is 0 Å². The summed E-state index contributed by atoms with van der Waals surface area (Å²) in [6.07, 6.45) is 0. The molecule has 1 saturated heterocycles. The minimum absolute atomic E-state index is 0.0380. The number of nitrogens with zero attached hydrogens (tertiary/aromatic N) is 1. The lowest BCUT2D eigenvalue weighted by molar-refractivity contribution is -0.137. The number of aryl methyl sites for hydroxylation is 1.